The molecule has 2 saturated carbocycles. The minimum atomic E-state index is -1.64. The Hall–Kier alpha value is -1.29. The zero-order chi connectivity index (χ0) is 21.1. The van der Waals surface area contributed by atoms with Crippen molar-refractivity contribution in [3.8, 4) is 0 Å². The summed E-state index contributed by atoms with van der Waals surface area (Å²) < 4.78 is 10.0. The molecule has 4 unspecified atom stereocenters. The summed E-state index contributed by atoms with van der Waals surface area (Å²) in [5.74, 6) is 1.07. The Morgan fingerprint density at radius 1 is 1.34 bits per heavy atom. The van der Waals surface area contributed by atoms with Crippen LogP contribution in [0.4, 0.5) is 4.79 Å². The van der Waals surface area contributed by atoms with Crippen molar-refractivity contribution in [2.45, 2.75) is 70.3 Å². The fourth-order valence-corrected chi connectivity index (χ4v) is 9.62. The Kier molecular flexibility index (Phi) is 7.14. The molecule has 5 heteroatoms. The zero-order valence-corrected chi connectivity index (χ0v) is 19.8. The molecule has 0 aliphatic heterocycles. The Morgan fingerprint density at radius 2 is 2.07 bits per heavy atom. The third kappa shape index (κ3) is 4.90. The number of fused-ring (bicyclic) bond motifs is 2. The number of rotatable bonds is 7. The molecule has 2 bridgehead atoms. The van der Waals surface area contributed by atoms with E-state index < -0.39 is 19.8 Å². The summed E-state index contributed by atoms with van der Waals surface area (Å²) in [4.78, 5) is 12.5. The molecule has 0 aromatic heterocycles. The van der Waals surface area contributed by atoms with Crippen LogP contribution in [0.25, 0.3) is 0 Å². The van der Waals surface area contributed by atoms with Crippen molar-refractivity contribution in [3.05, 3.63) is 48.0 Å². The summed E-state index contributed by atoms with van der Waals surface area (Å²) in [5, 5.41) is 12.6. The van der Waals surface area contributed by atoms with E-state index in [0.717, 1.165) is 29.0 Å². The van der Waals surface area contributed by atoms with E-state index in [1.54, 1.807) is 0 Å². The molecule has 2 aliphatic carbocycles. The van der Waals surface area contributed by atoms with Crippen molar-refractivity contribution in [3.63, 3.8) is 0 Å². The number of ether oxygens (including phenoxy) is 1. The number of carbonyl (C=O) groups is 1. The average molecular weight is 465 g/mol. The first-order valence-electron chi connectivity index (χ1n) is 10.7. The van der Waals surface area contributed by atoms with Crippen LogP contribution in [0.3, 0.4) is 0 Å². The van der Waals surface area contributed by atoms with Crippen LogP contribution >= 0.6 is 0 Å². The van der Waals surface area contributed by atoms with Crippen LogP contribution in [0.1, 0.15) is 52.5 Å². The number of aliphatic hydroxyl groups is 1. The number of amides is 1. The van der Waals surface area contributed by atoms with Gasteiger partial charge in [-0.2, -0.15) is 0 Å². The standard InChI is InChI=1S/C24H35NO3Se/c1-18(2)9-8-14-29(25-22(27)28-16-19-10-6-5-7-11-19)17-24-13-12-20(15-21(24)26)23(24,3)4/h5-11,18,20-21,26H,12-17H2,1-4H3/b9-8+. The van der Waals surface area contributed by atoms with Crippen molar-refractivity contribution in [1.29, 1.82) is 0 Å². The van der Waals surface area contributed by atoms with E-state index in [1.807, 2.05) is 30.3 Å². The summed E-state index contributed by atoms with van der Waals surface area (Å²) in [6.07, 6.45) is 6.78. The molecule has 160 valence electrons. The van der Waals surface area contributed by atoms with Crippen LogP contribution in [0.15, 0.2) is 46.4 Å². The van der Waals surface area contributed by atoms with Crippen LogP contribution in [0.5, 0.6) is 0 Å². The molecular formula is C24H35NO3Se. The van der Waals surface area contributed by atoms with E-state index in [-0.39, 0.29) is 23.5 Å². The van der Waals surface area contributed by atoms with Gasteiger partial charge in [-0.1, -0.05) is 0 Å². The van der Waals surface area contributed by atoms with E-state index in [9.17, 15) is 9.90 Å². The second kappa shape index (κ2) is 9.24. The number of hydrogen-bond donors (Lipinski definition) is 1. The van der Waals surface area contributed by atoms with Crippen LogP contribution in [-0.4, -0.2) is 31.0 Å². The quantitative estimate of drug-likeness (QED) is 0.399. The maximum absolute atomic E-state index is 12.5. The molecule has 1 aromatic rings. The van der Waals surface area contributed by atoms with Crippen molar-refractivity contribution < 1.29 is 14.6 Å². The van der Waals surface area contributed by atoms with Crippen LogP contribution in [0.2, 0.25) is 10.6 Å². The van der Waals surface area contributed by atoms with Crippen molar-refractivity contribution in [2.75, 3.05) is 0 Å². The van der Waals surface area contributed by atoms with Crippen molar-refractivity contribution in [1.82, 2.24) is 0 Å². The van der Waals surface area contributed by atoms with E-state index in [1.165, 1.54) is 6.42 Å². The average Bonchev–Trinajstić information content (AvgIpc) is 3.01. The van der Waals surface area contributed by atoms with Gasteiger partial charge in [0.15, 0.2) is 0 Å². The summed E-state index contributed by atoms with van der Waals surface area (Å²) in [5.41, 5.74) is 0.980. The molecular weight excluding hydrogens is 429 g/mol. The molecule has 0 radical (unpaired) electrons. The molecule has 0 saturated heterocycles. The second-order valence-corrected chi connectivity index (χ2v) is 13.1. The van der Waals surface area contributed by atoms with Gasteiger partial charge < -0.3 is 0 Å². The maximum atomic E-state index is 12.5. The van der Waals surface area contributed by atoms with Crippen LogP contribution in [-0.2, 0) is 11.3 Å². The number of benzene rings is 1. The number of hydrogen-bond acceptors (Lipinski definition) is 3. The molecule has 29 heavy (non-hydrogen) atoms. The predicted octanol–water partition coefficient (Wildman–Crippen LogP) is 5.98. The molecule has 2 aliphatic rings. The van der Waals surface area contributed by atoms with Gasteiger partial charge in [0.2, 0.25) is 0 Å². The Labute approximate surface area is 179 Å². The van der Waals surface area contributed by atoms with E-state index in [0.29, 0.717) is 11.8 Å². The molecule has 0 heterocycles. The molecule has 4 atom stereocenters. The molecule has 1 aromatic carbocycles. The topological polar surface area (TPSA) is 58.9 Å². The second-order valence-electron chi connectivity index (χ2n) is 9.44. The number of carbonyl (C=O) groups excluding carboxylic acids is 1. The first kappa shape index (κ1) is 22.4. The summed E-state index contributed by atoms with van der Waals surface area (Å²) in [6.45, 7) is 9.18. The number of allylic oxidation sites excluding steroid dienone is 2. The van der Waals surface area contributed by atoms with Gasteiger partial charge in [0.1, 0.15) is 0 Å². The van der Waals surface area contributed by atoms with E-state index >= 15 is 0 Å². The fraction of sp³-hybridized carbons (Fsp3) is 0.625. The number of nitrogens with zero attached hydrogens (tertiary/aromatic N) is 1. The minimum absolute atomic E-state index is 0.1000. The zero-order valence-electron chi connectivity index (χ0n) is 18.1. The summed E-state index contributed by atoms with van der Waals surface area (Å²) >= 11 is -1.64. The molecule has 1 N–H and O–H groups in total. The molecule has 0 spiro atoms. The van der Waals surface area contributed by atoms with Crippen molar-refractivity contribution in [2.24, 2.45) is 26.6 Å². The van der Waals surface area contributed by atoms with Gasteiger partial charge in [-0.15, -0.1) is 0 Å². The Bertz CT molecular complexity index is 772. The third-order valence-corrected chi connectivity index (χ3v) is 10.9. The normalized spacial score (nSPS) is 29.0. The van der Waals surface area contributed by atoms with Crippen molar-refractivity contribution >= 4 is 19.8 Å². The van der Waals surface area contributed by atoms with Gasteiger partial charge in [0.25, 0.3) is 0 Å². The van der Waals surface area contributed by atoms with Gasteiger partial charge in [-0.25, -0.2) is 0 Å². The first-order valence-corrected chi connectivity index (χ1v) is 13.9. The van der Waals surface area contributed by atoms with Crippen LogP contribution in [0, 0.1) is 22.7 Å². The monoisotopic (exact) mass is 465 g/mol. The van der Waals surface area contributed by atoms with Crippen LogP contribution < -0.4 is 0 Å². The molecule has 1 amide bonds. The number of aliphatic hydroxyl groups excluding tert-OH is 1. The SMILES string of the molecule is CC(C)/C=C/C/[Se](CC12CCC(CC1O)C2(C)C)=N\C(=O)OCc1ccccc1. The third-order valence-electron chi connectivity index (χ3n) is 7.03. The van der Waals surface area contributed by atoms with Gasteiger partial charge in [0.05, 0.1) is 0 Å². The predicted molar refractivity (Wildman–Crippen MR) is 118 cm³/mol. The Morgan fingerprint density at radius 3 is 2.66 bits per heavy atom. The van der Waals surface area contributed by atoms with E-state index in [4.69, 9.17) is 4.74 Å². The molecule has 3 rings (SSSR count). The molecule has 2 fully saturated rings. The molecule has 4 nitrogen and oxygen atoms in total. The Balaban J connectivity index is 1.75. The van der Waals surface area contributed by atoms with Gasteiger partial charge in [0, 0.05) is 0 Å². The van der Waals surface area contributed by atoms with E-state index in [2.05, 4.69) is 43.8 Å². The van der Waals surface area contributed by atoms with Gasteiger partial charge in [-0.3, -0.25) is 0 Å². The van der Waals surface area contributed by atoms with Gasteiger partial charge in [-0.05, 0) is 0 Å². The first-order chi connectivity index (χ1) is 13.7. The van der Waals surface area contributed by atoms with Gasteiger partial charge >= 0.3 is 179 Å². The summed E-state index contributed by atoms with van der Waals surface area (Å²) in [7, 11) is 0. The summed E-state index contributed by atoms with van der Waals surface area (Å²) in [6, 6.07) is 9.71. The fourth-order valence-electron chi connectivity index (χ4n) is 5.09.